The normalized spacial score (nSPS) is 12.8. The number of thiazole rings is 1. The summed E-state index contributed by atoms with van der Waals surface area (Å²) in [6.07, 6.45) is 4.00. The highest BCUT2D eigenvalue weighted by molar-refractivity contribution is 7.15. The highest BCUT2D eigenvalue weighted by Crippen LogP contribution is 2.23. The van der Waals surface area contributed by atoms with Crippen molar-refractivity contribution in [3.05, 3.63) is 52.8 Å². The van der Waals surface area contributed by atoms with E-state index in [0.29, 0.717) is 6.61 Å². The molecule has 2 heterocycles. The molecule has 4 nitrogen and oxygen atoms in total. The van der Waals surface area contributed by atoms with Crippen molar-refractivity contribution in [1.82, 2.24) is 9.38 Å². The molecule has 1 atom stereocenters. The Hall–Kier alpha value is -1.85. The van der Waals surface area contributed by atoms with Gasteiger partial charge in [-0.3, -0.25) is 4.40 Å². The summed E-state index contributed by atoms with van der Waals surface area (Å²) < 4.78 is 7.85. The van der Waals surface area contributed by atoms with E-state index < -0.39 is 0 Å². The van der Waals surface area contributed by atoms with Crippen LogP contribution in [-0.4, -0.2) is 9.38 Å². The minimum atomic E-state index is 0.0441. The van der Waals surface area contributed by atoms with Crippen molar-refractivity contribution in [3.8, 4) is 5.75 Å². The van der Waals surface area contributed by atoms with E-state index in [1.807, 2.05) is 48.2 Å². The van der Waals surface area contributed by atoms with Gasteiger partial charge in [0.1, 0.15) is 12.4 Å². The van der Waals surface area contributed by atoms with Crippen LogP contribution in [0.1, 0.15) is 29.8 Å². The van der Waals surface area contributed by atoms with Gasteiger partial charge in [-0.2, -0.15) is 0 Å². The second kappa shape index (κ2) is 5.26. The van der Waals surface area contributed by atoms with Gasteiger partial charge in [0.2, 0.25) is 0 Å². The molecule has 20 heavy (non-hydrogen) atoms. The Morgan fingerprint density at radius 2 is 2.30 bits per heavy atom. The fourth-order valence-corrected chi connectivity index (χ4v) is 2.83. The molecule has 0 radical (unpaired) electrons. The zero-order valence-corrected chi connectivity index (χ0v) is 12.4. The van der Waals surface area contributed by atoms with E-state index in [-0.39, 0.29) is 6.04 Å². The van der Waals surface area contributed by atoms with Crippen molar-refractivity contribution >= 4 is 16.3 Å². The third kappa shape index (κ3) is 2.55. The summed E-state index contributed by atoms with van der Waals surface area (Å²) in [6.45, 7) is 4.49. The fraction of sp³-hybridized carbons (Fsp3) is 0.267. The van der Waals surface area contributed by atoms with Crippen LogP contribution in [-0.2, 0) is 6.61 Å². The summed E-state index contributed by atoms with van der Waals surface area (Å²) in [5, 5.41) is 2.02. The molecule has 3 aromatic rings. The molecule has 0 aliphatic heterocycles. The zero-order chi connectivity index (χ0) is 14.1. The van der Waals surface area contributed by atoms with Crippen molar-refractivity contribution in [1.29, 1.82) is 0 Å². The maximum atomic E-state index is 5.88. The molecule has 0 amide bonds. The highest BCUT2D eigenvalue weighted by Gasteiger charge is 2.07. The lowest BCUT2D eigenvalue weighted by Gasteiger charge is -2.11. The van der Waals surface area contributed by atoms with Crippen LogP contribution in [0.15, 0.2) is 36.0 Å². The maximum Gasteiger partial charge on any atom is 0.193 e. The Morgan fingerprint density at radius 1 is 1.45 bits per heavy atom. The lowest BCUT2D eigenvalue weighted by atomic mass is 10.1. The number of nitrogens with two attached hydrogens (primary N) is 1. The molecule has 2 aromatic heterocycles. The molecule has 1 aromatic carbocycles. The molecular formula is C15H17N3OS. The van der Waals surface area contributed by atoms with Gasteiger partial charge >= 0.3 is 0 Å². The van der Waals surface area contributed by atoms with Gasteiger partial charge in [-0.15, -0.1) is 11.3 Å². The summed E-state index contributed by atoms with van der Waals surface area (Å²) in [4.78, 5) is 5.49. The highest BCUT2D eigenvalue weighted by atomic mass is 32.1. The van der Waals surface area contributed by atoms with Crippen LogP contribution >= 0.6 is 11.3 Å². The molecule has 0 aliphatic rings. The number of benzene rings is 1. The molecule has 104 valence electrons. The molecule has 0 unspecified atom stereocenters. The molecule has 2 N–H and O–H groups in total. The van der Waals surface area contributed by atoms with E-state index in [1.165, 1.54) is 0 Å². The second-order valence-corrected chi connectivity index (χ2v) is 5.80. The number of hydrogen-bond donors (Lipinski definition) is 1. The monoisotopic (exact) mass is 287 g/mol. The molecule has 3 rings (SSSR count). The third-order valence-electron chi connectivity index (χ3n) is 3.24. The number of fused-ring (bicyclic) bond motifs is 1. The van der Waals surface area contributed by atoms with Crippen LogP contribution < -0.4 is 10.5 Å². The lowest BCUT2D eigenvalue weighted by molar-refractivity contribution is 0.300. The summed E-state index contributed by atoms with van der Waals surface area (Å²) in [7, 11) is 0. The Morgan fingerprint density at radius 3 is 3.00 bits per heavy atom. The Labute approximate surface area is 121 Å². The third-order valence-corrected chi connectivity index (χ3v) is 4.01. The Balaban J connectivity index is 1.73. The van der Waals surface area contributed by atoms with E-state index in [0.717, 1.165) is 27.5 Å². The number of aryl methyl sites for hydroxylation is 1. The molecule has 0 saturated heterocycles. The number of aromatic nitrogens is 2. The van der Waals surface area contributed by atoms with Crippen molar-refractivity contribution < 1.29 is 4.74 Å². The average molecular weight is 287 g/mol. The summed E-state index contributed by atoms with van der Waals surface area (Å²) in [6, 6.07) is 6.11. The van der Waals surface area contributed by atoms with Crippen LogP contribution in [0.3, 0.4) is 0 Å². The number of rotatable bonds is 4. The first-order valence-corrected chi connectivity index (χ1v) is 7.41. The van der Waals surface area contributed by atoms with Crippen molar-refractivity contribution in [2.75, 3.05) is 0 Å². The quantitative estimate of drug-likeness (QED) is 0.801. The van der Waals surface area contributed by atoms with E-state index in [2.05, 4.69) is 11.1 Å². The van der Waals surface area contributed by atoms with E-state index in [1.54, 1.807) is 11.3 Å². The van der Waals surface area contributed by atoms with Crippen LogP contribution in [0.4, 0.5) is 0 Å². The predicted molar refractivity (Wildman–Crippen MR) is 81.2 cm³/mol. The van der Waals surface area contributed by atoms with Gasteiger partial charge in [0.15, 0.2) is 4.96 Å². The Bertz CT molecular complexity index is 701. The molecule has 0 fully saturated rings. The van der Waals surface area contributed by atoms with Crippen LogP contribution in [0, 0.1) is 6.92 Å². The zero-order valence-electron chi connectivity index (χ0n) is 11.5. The number of hydrogen-bond acceptors (Lipinski definition) is 4. The Kier molecular flexibility index (Phi) is 3.46. The molecule has 0 aliphatic carbocycles. The van der Waals surface area contributed by atoms with E-state index in [9.17, 15) is 0 Å². The fourth-order valence-electron chi connectivity index (χ4n) is 2.12. The van der Waals surface area contributed by atoms with Crippen molar-refractivity contribution in [2.24, 2.45) is 5.73 Å². The van der Waals surface area contributed by atoms with E-state index in [4.69, 9.17) is 10.5 Å². The molecule has 5 heteroatoms. The number of nitrogens with zero attached hydrogens (tertiary/aromatic N) is 2. The predicted octanol–water partition coefficient (Wildman–Crippen LogP) is 3.30. The van der Waals surface area contributed by atoms with Crippen LogP contribution in [0.5, 0.6) is 5.75 Å². The SMILES string of the molecule is Cc1cc([C@@H](C)N)ccc1OCc1cn2ccsc2n1. The van der Waals surface area contributed by atoms with Gasteiger partial charge < -0.3 is 10.5 Å². The van der Waals surface area contributed by atoms with Gasteiger partial charge in [0.05, 0.1) is 5.69 Å². The van der Waals surface area contributed by atoms with Crippen molar-refractivity contribution in [2.45, 2.75) is 26.5 Å². The van der Waals surface area contributed by atoms with Crippen LogP contribution in [0.2, 0.25) is 0 Å². The number of ether oxygens (including phenoxy) is 1. The maximum absolute atomic E-state index is 5.88. The van der Waals surface area contributed by atoms with Crippen LogP contribution in [0.25, 0.3) is 4.96 Å². The first-order chi connectivity index (χ1) is 9.63. The minimum Gasteiger partial charge on any atom is -0.487 e. The molecule has 0 spiro atoms. The van der Waals surface area contributed by atoms with Gasteiger partial charge in [0, 0.05) is 23.8 Å². The molecule has 0 saturated carbocycles. The standard InChI is InChI=1S/C15H17N3OS/c1-10-7-12(11(2)16)3-4-14(10)19-9-13-8-18-5-6-20-15(18)17-13/h3-8,11H,9,16H2,1-2H3/t11-/m1/s1. The molecular weight excluding hydrogens is 270 g/mol. The minimum absolute atomic E-state index is 0.0441. The average Bonchev–Trinajstić information content (AvgIpc) is 2.97. The van der Waals surface area contributed by atoms with Crippen molar-refractivity contribution in [3.63, 3.8) is 0 Å². The summed E-state index contributed by atoms with van der Waals surface area (Å²) in [5.74, 6) is 0.880. The smallest absolute Gasteiger partial charge is 0.193 e. The molecule has 0 bridgehead atoms. The van der Waals surface area contributed by atoms with Gasteiger partial charge in [0.25, 0.3) is 0 Å². The first kappa shape index (κ1) is 13.1. The van der Waals surface area contributed by atoms with Gasteiger partial charge in [-0.1, -0.05) is 12.1 Å². The first-order valence-electron chi connectivity index (χ1n) is 6.53. The topological polar surface area (TPSA) is 52.5 Å². The lowest BCUT2D eigenvalue weighted by Crippen LogP contribution is -2.05. The number of imidazole rings is 1. The summed E-state index contributed by atoms with van der Waals surface area (Å²) in [5.41, 5.74) is 9.03. The van der Waals surface area contributed by atoms with Gasteiger partial charge in [-0.05, 0) is 31.0 Å². The largest absolute Gasteiger partial charge is 0.487 e. The summed E-state index contributed by atoms with van der Waals surface area (Å²) >= 11 is 1.62. The van der Waals surface area contributed by atoms with E-state index >= 15 is 0 Å². The second-order valence-electron chi connectivity index (χ2n) is 4.93. The van der Waals surface area contributed by atoms with Gasteiger partial charge in [-0.25, -0.2) is 4.98 Å².